The number of aryl methyl sites for hydroxylation is 1. The average Bonchev–Trinajstić information content (AvgIpc) is 2.60. The van der Waals surface area contributed by atoms with E-state index in [-0.39, 0.29) is 10.8 Å². The second kappa shape index (κ2) is 7.62. The Balaban J connectivity index is 1.67. The molecular formula is C20H28N2O4S. The van der Waals surface area contributed by atoms with Crippen LogP contribution in [-0.4, -0.2) is 37.2 Å². The first-order valence-electron chi connectivity index (χ1n) is 9.67. The van der Waals surface area contributed by atoms with E-state index in [0.29, 0.717) is 25.3 Å². The van der Waals surface area contributed by atoms with Crippen LogP contribution in [0.5, 0.6) is 0 Å². The Bertz CT molecular complexity index is 830. The summed E-state index contributed by atoms with van der Waals surface area (Å²) in [5, 5.41) is 0. The van der Waals surface area contributed by atoms with Gasteiger partial charge in [0.05, 0.1) is 4.90 Å². The molecule has 0 bridgehead atoms. The molecule has 6 nitrogen and oxygen atoms in total. The Morgan fingerprint density at radius 3 is 2.52 bits per heavy atom. The van der Waals surface area contributed by atoms with Crippen molar-refractivity contribution in [1.82, 2.24) is 9.62 Å². The predicted molar refractivity (Wildman–Crippen MR) is 102 cm³/mol. The molecule has 1 saturated heterocycles. The lowest BCUT2D eigenvalue weighted by Crippen LogP contribution is -2.68. The Morgan fingerprint density at radius 2 is 1.93 bits per heavy atom. The summed E-state index contributed by atoms with van der Waals surface area (Å²) in [4.78, 5) is 27.0. The zero-order valence-corrected chi connectivity index (χ0v) is 16.8. The van der Waals surface area contributed by atoms with Gasteiger partial charge >= 0.3 is 0 Å². The normalized spacial score (nSPS) is 23.6. The number of nitrogens with one attached hydrogen (secondary N) is 1. The van der Waals surface area contributed by atoms with E-state index < -0.39 is 21.5 Å². The van der Waals surface area contributed by atoms with Crippen molar-refractivity contribution in [3.63, 3.8) is 0 Å². The van der Waals surface area contributed by atoms with Crippen LogP contribution >= 0.6 is 0 Å². The zero-order chi connectivity index (χ0) is 19.7. The van der Waals surface area contributed by atoms with Crippen LogP contribution in [0.25, 0.3) is 0 Å². The smallest absolute Gasteiger partial charge is 0.264 e. The van der Waals surface area contributed by atoms with E-state index in [1.807, 2.05) is 0 Å². The lowest BCUT2D eigenvalue weighted by atomic mass is 9.82. The first kappa shape index (κ1) is 19.9. The van der Waals surface area contributed by atoms with Crippen LogP contribution < -0.4 is 4.72 Å². The molecule has 1 aromatic rings. The van der Waals surface area contributed by atoms with Crippen LogP contribution in [0.3, 0.4) is 0 Å². The summed E-state index contributed by atoms with van der Waals surface area (Å²) in [7, 11) is -3.96. The van der Waals surface area contributed by atoms with E-state index in [9.17, 15) is 18.0 Å². The number of sulfonamides is 1. The van der Waals surface area contributed by atoms with Crippen molar-refractivity contribution in [2.45, 2.75) is 69.2 Å². The standard InChI is InChI=1S/C20H28N2O4S/c1-15-7-6-10-17(13-15)27(25,26)21-19(24)20(2)11-12-22(20)18(23)14-16-8-4-3-5-9-16/h6-7,10,13,16H,3-5,8-9,11-12,14H2,1-2H3,(H,21,24). The number of carbonyl (C=O) groups is 2. The van der Waals surface area contributed by atoms with Gasteiger partial charge in [0.15, 0.2) is 0 Å². The number of nitrogens with zero attached hydrogens (tertiary/aromatic N) is 1. The number of carbonyl (C=O) groups excluding carboxylic acids is 2. The maximum atomic E-state index is 12.7. The van der Waals surface area contributed by atoms with Crippen LogP contribution in [0.1, 0.15) is 57.4 Å². The van der Waals surface area contributed by atoms with Gasteiger partial charge in [0.2, 0.25) is 5.91 Å². The molecule has 2 aliphatic rings. The molecule has 3 rings (SSSR count). The Labute approximate surface area is 161 Å². The van der Waals surface area contributed by atoms with Crippen LogP contribution in [0, 0.1) is 12.8 Å². The second-order valence-corrected chi connectivity index (χ2v) is 9.71. The molecule has 1 heterocycles. The van der Waals surface area contributed by atoms with Gasteiger partial charge in [0.1, 0.15) is 5.54 Å². The first-order valence-corrected chi connectivity index (χ1v) is 11.1. The average molecular weight is 393 g/mol. The van der Waals surface area contributed by atoms with Gasteiger partial charge in [0.25, 0.3) is 15.9 Å². The minimum absolute atomic E-state index is 0.0428. The first-order chi connectivity index (χ1) is 12.7. The highest BCUT2D eigenvalue weighted by atomic mass is 32.2. The molecule has 0 spiro atoms. The summed E-state index contributed by atoms with van der Waals surface area (Å²) in [5.41, 5.74) is -0.299. The molecule has 2 amide bonds. The largest absolute Gasteiger partial charge is 0.328 e. The Morgan fingerprint density at radius 1 is 1.22 bits per heavy atom. The zero-order valence-electron chi connectivity index (χ0n) is 16.0. The van der Waals surface area contributed by atoms with Gasteiger partial charge in [-0.3, -0.25) is 9.59 Å². The molecule has 7 heteroatoms. The Hall–Kier alpha value is -1.89. The summed E-state index contributed by atoms with van der Waals surface area (Å²) in [5.74, 6) is -0.291. The van der Waals surface area contributed by atoms with Gasteiger partial charge in [-0.1, -0.05) is 31.4 Å². The maximum Gasteiger partial charge on any atom is 0.264 e. The fourth-order valence-corrected chi connectivity index (χ4v) is 5.20. The van der Waals surface area contributed by atoms with Crippen LogP contribution in [-0.2, 0) is 19.6 Å². The van der Waals surface area contributed by atoms with Gasteiger partial charge in [-0.15, -0.1) is 0 Å². The summed E-state index contributed by atoms with van der Waals surface area (Å²) in [6.07, 6.45) is 6.58. The summed E-state index contributed by atoms with van der Waals surface area (Å²) in [6, 6.07) is 6.40. The van der Waals surface area contributed by atoms with E-state index in [1.165, 1.54) is 18.6 Å². The SMILES string of the molecule is Cc1cccc(S(=O)(=O)NC(=O)C2(C)CCN2C(=O)CC2CCCCC2)c1. The minimum Gasteiger partial charge on any atom is -0.328 e. The van der Waals surface area contributed by atoms with Crippen molar-refractivity contribution < 1.29 is 18.0 Å². The van der Waals surface area contributed by atoms with E-state index in [0.717, 1.165) is 31.2 Å². The van der Waals surface area contributed by atoms with Gasteiger partial charge < -0.3 is 4.90 Å². The molecule has 27 heavy (non-hydrogen) atoms. The number of likely N-dealkylation sites (tertiary alicyclic amines) is 1. The number of amides is 2. The fraction of sp³-hybridized carbons (Fsp3) is 0.600. The Kier molecular flexibility index (Phi) is 5.60. The molecule has 0 radical (unpaired) electrons. The monoisotopic (exact) mass is 392 g/mol. The van der Waals surface area contributed by atoms with Crippen molar-refractivity contribution in [3.05, 3.63) is 29.8 Å². The lowest BCUT2D eigenvalue weighted by Gasteiger charge is -2.49. The molecule has 148 valence electrons. The van der Waals surface area contributed by atoms with E-state index in [1.54, 1.807) is 30.9 Å². The highest BCUT2D eigenvalue weighted by Gasteiger charge is 2.50. The van der Waals surface area contributed by atoms with Crippen molar-refractivity contribution in [1.29, 1.82) is 0 Å². The minimum atomic E-state index is -3.96. The van der Waals surface area contributed by atoms with Crippen molar-refractivity contribution in [2.24, 2.45) is 5.92 Å². The van der Waals surface area contributed by atoms with Crippen molar-refractivity contribution in [3.8, 4) is 0 Å². The highest BCUT2D eigenvalue weighted by Crippen LogP contribution is 2.34. The summed E-state index contributed by atoms with van der Waals surface area (Å²) < 4.78 is 27.2. The molecule has 1 aromatic carbocycles. The molecule has 1 aliphatic heterocycles. The molecule has 1 unspecified atom stereocenters. The second-order valence-electron chi connectivity index (χ2n) is 8.03. The van der Waals surface area contributed by atoms with Crippen LogP contribution in [0.2, 0.25) is 0 Å². The molecule has 1 atom stereocenters. The number of benzene rings is 1. The topological polar surface area (TPSA) is 83.6 Å². The summed E-state index contributed by atoms with van der Waals surface area (Å²) in [6.45, 7) is 3.94. The predicted octanol–water partition coefficient (Wildman–Crippen LogP) is 2.76. The molecule has 1 saturated carbocycles. The van der Waals surface area contributed by atoms with Crippen LogP contribution in [0.15, 0.2) is 29.2 Å². The third-order valence-electron chi connectivity index (χ3n) is 5.92. The number of hydrogen-bond acceptors (Lipinski definition) is 4. The quantitative estimate of drug-likeness (QED) is 0.835. The van der Waals surface area contributed by atoms with E-state index in [4.69, 9.17) is 0 Å². The van der Waals surface area contributed by atoms with E-state index >= 15 is 0 Å². The molecule has 0 aromatic heterocycles. The van der Waals surface area contributed by atoms with Gasteiger partial charge in [0, 0.05) is 13.0 Å². The van der Waals surface area contributed by atoms with Crippen molar-refractivity contribution in [2.75, 3.05) is 6.54 Å². The number of hydrogen-bond donors (Lipinski definition) is 1. The maximum absolute atomic E-state index is 12.7. The molecule has 1 aliphatic carbocycles. The third kappa shape index (κ3) is 4.18. The van der Waals surface area contributed by atoms with Crippen molar-refractivity contribution >= 4 is 21.8 Å². The lowest BCUT2D eigenvalue weighted by molar-refractivity contribution is -0.157. The molecular weight excluding hydrogens is 364 g/mol. The third-order valence-corrected chi connectivity index (χ3v) is 7.25. The number of rotatable bonds is 5. The fourth-order valence-electron chi connectivity index (χ4n) is 4.02. The van der Waals surface area contributed by atoms with Gasteiger partial charge in [-0.25, -0.2) is 13.1 Å². The molecule has 1 N–H and O–H groups in total. The van der Waals surface area contributed by atoms with Gasteiger partial charge in [-0.05, 0) is 56.7 Å². The molecule has 2 fully saturated rings. The van der Waals surface area contributed by atoms with E-state index in [2.05, 4.69) is 4.72 Å². The van der Waals surface area contributed by atoms with Gasteiger partial charge in [-0.2, -0.15) is 0 Å². The highest BCUT2D eigenvalue weighted by molar-refractivity contribution is 7.90. The van der Waals surface area contributed by atoms with Crippen LogP contribution in [0.4, 0.5) is 0 Å². The summed E-state index contributed by atoms with van der Waals surface area (Å²) >= 11 is 0.